The third-order valence-corrected chi connectivity index (χ3v) is 3.98. The molecule has 0 bridgehead atoms. The van der Waals surface area contributed by atoms with Gasteiger partial charge in [-0.05, 0) is 28.7 Å². The third-order valence-electron chi connectivity index (χ3n) is 1.64. The summed E-state index contributed by atoms with van der Waals surface area (Å²) in [5, 5.41) is 4.89. The van der Waals surface area contributed by atoms with E-state index < -0.39 is 27.0 Å². The first-order valence-corrected chi connectivity index (χ1v) is 6.45. The molecule has 0 atom stereocenters. The molecule has 2 N–H and O–H groups in total. The standard InChI is InChI=1S/C7H7F2IN2O3S/c1-15-7-5(10)4(16(11,13)14)2-3(12-7)6(8)9/h2,6H,1H3,(H2,11,13,14). The predicted molar refractivity (Wildman–Crippen MR) is 59.8 cm³/mol. The number of halogens is 3. The molecule has 0 saturated carbocycles. The summed E-state index contributed by atoms with van der Waals surface area (Å²) in [5.74, 6) is -0.192. The Kier molecular flexibility index (Phi) is 4.02. The Labute approximate surface area is 104 Å². The Morgan fingerprint density at radius 3 is 2.50 bits per heavy atom. The van der Waals surface area contributed by atoms with E-state index in [1.165, 1.54) is 7.11 Å². The summed E-state index contributed by atoms with van der Waals surface area (Å²) in [6.45, 7) is 0. The number of nitrogens with zero attached hydrogens (tertiary/aromatic N) is 1. The van der Waals surface area contributed by atoms with Crippen molar-refractivity contribution >= 4 is 32.6 Å². The Balaban J connectivity index is 3.55. The number of hydrogen-bond donors (Lipinski definition) is 1. The SMILES string of the molecule is COc1nc(C(F)F)cc(S(N)(=O)=O)c1I. The maximum Gasteiger partial charge on any atom is 0.280 e. The first-order chi connectivity index (χ1) is 7.27. The van der Waals surface area contributed by atoms with Crippen molar-refractivity contribution in [3.05, 3.63) is 15.3 Å². The van der Waals surface area contributed by atoms with E-state index in [9.17, 15) is 17.2 Å². The lowest BCUT2D eigenvalue weighted by molar-refractivity contribution is 0.144. The summed E-state index contributed by atoms with van der Waals surface area (Å²) < 4.78 is 51.9. The molecule has 0 spiro atoms. The van der Waals surface area contributed by atoms with Gasteiger partial charge in [0.1, 0.15) is 10.6 Å². The Morgan fingerprint density at radius 1 is 1.56 bits per heavy atom. The maximum absolute atomic E-state index is 12.4. The normalized spacial score (nSPS) is 11.9. The fourth-order valence-corrected chi connectivity index (χ4v) is 3.00. The van der Waals surface area contributed by atoms with Crippen LogP contribution >= 0.6 is 22.6 Å². The van der Waals surface area contributed by atoms with Crippen LogP contribution in [0, 0.1) is 3.57 Å². The zero-order valence-electron chi connectivity index (χ0n) is 7.95. The average molecular weight is 364 g/mol. The molecule has 0 aliphatic carbocycles. The van der Waals surface area contributed by atoms with E-state index in [1.54, 1.807) is 22.6 Å². The number of pyridine rings is 1. The van der Waals surface area contributed by atoms with Crippen molar-refractivity contribution < 1.29 is 21.9 Å². The molecule has 5 nitrogen and oxygen atoms in total. The van der Waals surface area contributed by atoms with E-state index in [-0.39, 0.29) is 9.45 Å². The lowest BCUT2D eigenvalue weighted by Gasteiger charge is -2.09. The molecular formula is C7H7F2IN2O3S. The Morgan fingerprint density at radius 2 is 2.12 bits per heavy atom. The van der Waals surface area contributed by atoms with Crippen LogP contribution in [-0.4, -0.2) is 20.5 Å². The number of nitrogens with two attached hydrogens (primary N) is 1. The Bertz CT molecular complexity index is 507. The number of methoxy groups -OCH3 is 1. The van der Waals surface area contributed by atoms with Gasteiger partial charge in [0.25, 0.3) is 6.43 Å². The van der Waals surface area contributed by atoms with Crippen molar-refractivity contribution in [1.82, 2.24) is 4.98 Å². The van der Waals surface area contributed by atoms with Crippen LogP contribution < -0.4 is 9.88 Å². The van der Waals surface area contributed by atoms with Crippen molar-refractivity contribution in [2.45, 2.75) is 11.3 Å². The maximum atomic E-state index is 12.4. The lowest BCUT2D eigenvalue weighted by Crippen LogP contribution is -2.15. The van der Waals surface area contributed by atoms with Gasteiger partial charge in [0, 0.05) is 0 Å². The lowest BCUT2D eigenvalue weighted by atomic mass is 10.3. The number of rotatable bonds is 3. The molecule has 16 heavy (non-hydrogen) atoms. The molecule has 0 radical (unpaired) electrons. The van der Waals surface area contributed by atoms with Crippen molar-refractivity contribution in [1.29, 1.82) is 0 Å². The van der Waals surface area contributed by atoms with Gasteiger partial charge in [-0.2, -0.15) is 0 Å². The van der Waals surface area contributed by atoms with Gasteiger partial charge >= 0.3 is 0 Å². The summed E-state index contributed by atoms with van der Waals surface area (Å²) in [7, 11) is -2.88. The van der Waals surface area contributed by atoms with Crippen LogP contribution in [0.3, 0.4) is 0 Å². The number of primary sulfonamides is 1. The topological polar surface area (TPSA) is 82.3 Å². The first kappa shape index (κ1) is 13.5. The second kappa shape index (κ2) is 4.75. The second-order valence-electron chi connectivity index (χ2n) is 2.71. The summed E-state index contributed by atoms with van der Waals surface area (Å²) in [4.78, 5) is 3.04. The van der Waals surface area contributed by atoms with E-state index in [4.69, 9.17) is 9.88 Å². The van der Waals surface area contributed by atoms with Crippen LogP contribution in [0.1, 0.15) is 12.1 Å². The van der Waals surface area contributed by atoms with E-state index in [1.807, 2.05) is 0 Å². The van der Waals surface area contributed by atoms with Crippen LogP contribution in [0.5, 0.6) is 5.88 Å². The molecule has 0 aliphatic heterocycles. The fourth-order valence-electron chi connectivity index (χ4n) is 0.956. The Hall–Kier alpha value is -0.550. The molecular weight excluding hydrogens is 357 g/mol. The van der Waals surface area contributed by atoms with Gasteiger partial charge in [-0.15, -0.1) is 0 Å². The number of hydrogen-bond acceptors (Lipinski definition) is 4. The molecule has 0 amide bonds. The molecule has 0 fully saturated rings. The van der Waals surface area contributed by atoms with E-state index in [2.05, 4.69) is 4.98 Å². The summed E-state index contributed by atoms with van der Waals surface area (Å²) in [5.41, 5.74) is -0.693. The van der Waals surface area contributed by atoms with Gasteiger partial charge < -0.3 is 4.74 Å². The highest BCUT2D eigenvalue weighted by Crippen LogP contribution is 2.29. The van der Waals surface area contributed by atoms with Crippen LogP contribution in [0.4, 0.5) is 8.78 Å². The highest BCUT2D eigenvalue weighted by atomic mass is 127. The van der Waals surface area contributed by atoms with Crippen LogP contribution in [0.2, 0.25) is 0 Å². The summed E-state index contributed by atoms with van der Waals surface area (Å²) >= 11 is 1.61. The van der Waals surface area contributed by atoms with Crippen molar-refractivity contribution in [3.8, 4) is 5.88 Å². The van der Waals surface area contributed by atoms with E-state index in [0.29, 0.717) is 0 Å². The molecule has 1 aromatic rings. The predicted octanol–water partition coefficient (Wildman–Crippen LogP) is 1.28. The van der Waals surface area contributed by atoms with Gasteiger partial charge in [0.2, 0.25) is 15.9 Å². The summed E-state index contributed by atoms with van der Waals surface area (Å²) in [6, 6.07) is 0.740. The highest BCUT2D eigenvalue weighted by Gasteiger charge is 2.22. The van der Waals surface area contributed by atoms with E-state index in [0.717, 1.165) is 6.07 Å². The van der Waals surface area contributed by atoms with Gasteiger partial charge in [0.15, 0.2) is 0 Å². The first-order valence-electron chi connectivity index (χ1n) is 3.82. The van der Waals surface area contributed by atoms with Crippen molar-refractivity contribution in [2.24, 2.45) is 5.14 Å². The second-order valence-corrected chi connectivity index (χ2v) is 5.32. The van der Waals surface area contributed by atoms with Crippen LogP contribution in [-0.2, 0) is 10.0 Å². The molecule has 0 aliphatic rings. The zero-order chi connectivity index (χ0) is 12.5. The molecule has 1 rings (SSSR count). The smallest absolute Gasteiger partial charge is 0.280 e. The number of aromatic nitrogens is 1. The number of ether oxygens (including phenoxy) is 1. The molecule has 90 valence electrons. The van der Waals surface area contributed by atoms with Crippen molar-refractivity contribution in [2.75, 3.05) is 7.11 Å². The third kappa shape index (κ3) is 2.77. The van der Waals surface area contributed by atoms with Crippen molar-refractivity contribution in [3.63, 3.8) is 0 Å². The molecule has 0 saturated heterocycles. The minimum Gasteiger partial charge on any atom is -0.480 e. The van der Waals surface area contributed by atoms with Crippen LogP contribution in [0.25, 0.3) is 0 Å². The van der Waals surface area contributed by atoms with Gasteiger partial charge in [-0.25, -0.2) is 27.3 Å². The average Bonchev–Trinajstić information content (AvgIpc) is 2.15. The molecule has 9 heteroatoms. The molecule has 0 unspecified atom stereocenters. The number of alkyl halides is 2. The largest absolute Gasteiger partial charge is 0.480 e. The zero-order valence-corrected chi connectivity index (χ0v) is 10.9. The quantitative estimate of drug-likeness (QED) is 0.820. The minimum atomic E-state index is -4.08. The van der Waals surface area contributed by atoms with Gasteiger partial charge in [-0.3, -0.25) is 0 Å². The molecule has 0 aromatic carbocycles. The van der Waals surface area contributed by atoms with Gasteiger partial charge in [0.05, 0.1) is 10.7 Å². The van der Waals surface area contributed by atoms with E-state index >= 15 is 0 Å². The number of sulfonamides is 1. The van der Waals surface area contributed by atoms with Gasteiger partial charge in [-0.1, -0.05) is 0 Å². The highest BCUT2D eigenvalue weighted by molar-refractivity contribution is 14.1. The molecule has 1 heterocycles. The fraction of sp³-hybridized carbons (Fsp3) is 0.286. The minimum absolute atomic E-state index is 0.0759. The van der Waals surface area contributed by atoms with Crippen LogP contribution in [0.15, 0.2) is 11.0 Å². The summed E-state index contributed by atoms with van der Waals surface area (Å²) in [6.07, 6.45) is -2.90. The monoisotopic (exact) mass is 364 g/mol. The molecule has 1 aromatic heterocycles.